The summed E-state index contributed by atoms with van der Waals surface area (Å²) in [6.45, 7) is 1.49. The van der Waals surface area contributed by atoms with Crippen LogP contribution in [0, 0.1) is 5.82 Å². The van der Waals surface area contributed by atoms with Crippen molar-refractivity contribution < 1.29 is 13.6 Å². The number of nitrogens with zero attached hydrogens (tertiary/aromatic N) is 1. The quantitative estimate of drug-likeness (QED) is 0.815. The van der Waals surface area contributed by atoms with Gasteiger partial charge < -0.3 is 4.42 Å². The van der Waals surface area contributed by atoms with E-state index < -0.39 is 0 Å². The fourth-order valence-corrected chi connectivity index (χ4v) is 1.56. The van der Waals surface area contributed by atoms with Gasteiger partial charge >= 0.3 is 0 Å². The fraction of sp³-hybridized carbons (Fsp3) is 0.231. The van der Waals surface area contributed by atoms with Gasteiger partial charge in [-0.1, -0.05) is 18.2 Å². The molecule has 0 saturated heterocycles. The normalized spacial score (nSPS) is 10.5. The number of carbonyl (C=O) groups excluding carboxylic acids is 1. The van der Waals surface area contributed by atoms with Crippen molar-refractivity contribution in [3.8, 4) is 0 Å². The van der Waals surface area contributed by atoms with E-state index in [0.29, 0.717) is 23.6 Å². The largest absolute Gasteiger partial charge is 0.445 e. The Morgan fingerprint density at radius 1 is 1.41 bits per heavy atom. The van der Waals surface area contributed by atoms with Gasteiger partial charge in [-0.15, -0.1) is 0 Å². The minimum Gasteiger partial charge on any atom is -0.445 e. The summed E-state index contributed by atoms with van der Waals surface area (Å²) in [7, 11) is 0. The lowest BCUT2D eigenvalue weighted by atomic mass is 10.1. The van der Waals surface area contributed by atoms with Crippen LogP contribution in [0.2, 0.25) is 0 Å². The summed E-state index contributed by atoms with van der Waals surface area (Å²) in [6, 6.07) is 6.48. The molecule has 2 aromatic rings. The van der Waals surface area contributed by atoms with E-state index in [-0.39, 0.29) is 18.0 Å². The average Bonchev–Trinajstić information content (AvgIpc) is 2.68. The highest BCUT2D eigenvalue weighted by molar-refractivity contribution is 5.77. The van der Waals surface area contributed by atoms with E-state index in [4.69, 9.17) is 4.42 Å². The molecule has 1 aromatic heterocycles. The molecule has 0 radical (unpaired) electrons. The van der Waals surface area contributed by atoms with Crippen LogP contribution in [0.5, 0.6) is 0 Å². The molecule has 0 atom stereocenters. The zero-order chi connectivity index (χ0) is 12.3. The average molecular weight is 233 g/mol. The second-order valence-corrected chi connectivity index (χ2v) is 3.87. The molecular formula is C13H12FNO2. The second-order valence-electron chi connectivity index (χ2n) is 3.87. The van der Waals surface area contributed by atoms with Crippen molar-refractivity contribution in [3.05, 3.63) is 53.5 Å². The van der Waals surface area contributed by atoms with Crippen molar-refractivity contribution in [1.29, 1.82) is 0 Å². The van der Waals surface area contributed by atoms with E-state index in [0.717, 1.165) is 0 Å². The number of hydrogen-bond acceptors (Lipinski definition) is 3. The van der Waals surface area contributed by atoms with E-state index in [1.165, 1.54) is 19.2 Å². The molecule has 1 heterocycles. The highest BCUT2D eigenvalue weighted by Gasteiger charge is 2.09. The third-order valence-corrected chi connectivity index (χ3v) is 2.32. The van der Waals surface area contributed by atoms with Crippen LogP contribution < -0.4 is 0 Å². The molecule has 3 nitrogen and oxygen atoms in total. The molecule has 0 aliphatic carbocycles. The van der Waals surface area contributed by atoms with Gasteiger partial charge in [0.2, 0.25) is 0 Å². The van der Waals surface area contributed by atoms with E-state index in [2.05, 4.69) is 4.98 Å². The smallest absolute Gasteiger partial charge is 0.198 e. The van der Waals surface area contributed by atoms with Gasteiger partial charge in [0.05, 0.1) is 19.0 Å². The van der Waals surface area contributed by atoms with Crippen molar-refractivity contribution >= 4 is 5.78 Å². The monoisotopic (exact) mass is 233 g/mol. The SMILES string of the molecule is CC(=O)Cc1cnc(Cc2ccccc2F)o1. The van der Waals surface area contributed by atoms with E-state index in [1.54, 1.807) is 18.2 Å². The Morgan fingerprint density at radius 2 is 2.18 bits per heavy atom. The van der Waals surface area contributed by atoms with Gasteiger partial charge in [0, 0.05) is 0 Å². The van der Waals surface area contributed by atoms with Crippen LogP contribution in [0.25, 0.3) is 0 Å². The van der Waals surface area contributed by atoms with Gasteiger partial charge in [-0.25, -0.2) is 9.37 Å². The fourth-order valence-electron chi connectivity index (χ4n) is 1.56. The predicted octanol–water partition coefficient (Wildman–Crippen LogP) is 2.54. The van der Waals surface area contributed by atoms with Crippen LogP contribution in [-0.2, 0) is 17.6 Å². The van der Waals surface area contributed by atoms with E-state index in [1.807, 2.05) is 0 Å². The third-order valence-electron chi connectivity index (χ3n) is 2.32. The molecule has 0 spiro atoms. The molecule has 2 rings (SSSR count). The minimum atomic E-state index is -0.279. The Bertz CT molecular complexity index is 534. The first kappa shape index (κ1) is 11.5. The number of ketones is 1. The van der Waals surface area contributed by atoms with Crippen molar-refractivity contribution in [2.24, 2.45) is 0 Å². The molecule has 0 aliphatic heterocycles. The van der Waals surface area contributed by atoms with E-state index >= 15 is 0 Å². The Kier molecular flexibility index (Phi) is 3.32. The number of aromatic nitrogens is 1. The van der Waals surface area contributed by atoms with Crippen LogP contribution in [0.1, 0.15) is 24.1 Å². The molecule has 0 unspecified atom stereocenters. The lowest BCUT2D eigenvalue weighted by molar-refractivity contribution is -0.116. The summed E-state index contributed by atoms with van der Waals surface area (Å²) >= 11 is 0. The molecule has 17 heavy (non-hydrogen) atoms. The Labute approximate surface area is 98.3 Å². The highest BCUT2D eigenvalue weighted by Crippen LogP contribution is 2.13. The number of rotatable bonds is 4. The Balaban J connectivity index is 2.12. The van der Waals surface area contributed by atoms with E-state index in [9.17, 15) is 9.18 Å². The molecule has 1 aromatic carbocycles. The maximum atomic E-state index is 13.4. The van der Waals surface area contributed by atoms with Crippen LogP contribution in [0.3, 0.4) is 0 Å². The van der Waals surface area contributed by atoms with Crippen molar-refractivity contribution in [1.82, 2.24) is 4.98 Å². The maximum Gasteiger partial charge on any atom is 0.198 e. The topological polar surface area (TPSA) is 43.1 Å². The van der Waals surface area contributed by atoms with Crippen LogP contribution in [0.4, 0.5) is 4.39 Å². The number of oxazole rings is 1. The van der Waals surface area contributed by atoms with Crippen molar-refractivity contribution in [2.75, 3.05) is 0 Å². The summed E-state index contributed by atoms with van der Waals surface area (Å²) in [4.78, 5) is 14.9. The Morgan fingerprint density at radius 3 is 2.88 bits per heavy atom. The van der Waals surface area contributed by atoms with Gasteiger partial charge in [0.25, 0.3) is 0 Å². The second kappa shape index (κ2) is 4.91. The summed E-state index contributed by atoms with van der Waals surface area (Å²) in [6.07, 6.45) is 2.03. The number of hydrogen-bond donors (Lipinski definition) is 0. The van der Waals surface area contributed by atoms with Gasteiger partial charge in [-0.05, 0) is 18.6 Å². The van der Waals surface area contributed by atoms with Crippen LogP contribution in [-0.4, -0.2) is 10.8 Å². The maximum absolute atomic E-state index is 13.4. The molecule has 0 saturated carbocycles. The van der Waals surface area contributed by atoms with Gasteiger partial charge in [-0.2, -0.15) is 0 Å². The number of carbonyl (C=O) groups is 1. The van der Waals surface area contributed by atoms with Gasteiger partial charge in [0.1, 0.15) is 17.4 Å². The minimum absolute atomic E-state index is 0.0126. The van der Waals surface area contributed by atoms with Crippen molar-refractivity contribution in [2.45, 2.75) is 19.8 Å². The molecule has 0 amide bonds. The molecule has 4 heteroatoms. The van der Waals surface area contributed by atoms with Gasteiger partial charge in [-0.3, -0.25) is 4.79 Å². The highest BCUT2D eigenvalue weighted by atomic mass is 19.1. The summed E-state index contributed by atoms with van der Waals surface area (Å²) in [5, 5.41) is 0. The summed E-state index contributed by atoms with van der Waals surface area (Å²) < 4.78 is 18.7. The van der Waals surface area contributed by atoms with Crippen LogP contribution >= 0.6 is 0 Å². The first-order valence-electron chi connectivity index (χ1n) is 5.31. The van der Waals surface area contributed by atoms with Crippen LogP contribution in [0.15, 0.2) is 34.9 Å². The number of Topliss-reactive ketones (excluding diaryl/α,β-unsaturated/α-hetero) is 1. The molecule has 0 bridgehead atoms. The Hall–Kier alpha value is -1.97. The first-order chi connectivity index (χ1) is 8.15. The third kappa shape index (κ3) is 3.00. The summed E-state index contributed by atoms with van der Waals surface area (Å²) in [5.74, 6) is 0.674. The lowest BCUT2D eigenvalue weighted by Crippen LogP contribution is -1.94. The molecule has 0 N–H and O–H groups in total. The van der Waals surface area contributed by atoms with Gasteiger partial charge in [0.15, 0.2) is 5.89 Å². The predicted molar refractivity (Wildman–Crippen MR) is 60.1 cm³/mol. The molecule has 0 fully saturated rings. The lowest BCUT2D eigenvalue weighted by Gasteiger charge is -1.98. The molecule has 88 valence electrons. The first-order valence-corrected chi connectivity index (χ1v) is 5.31. The zero-order valence-electron chi connectivity index (χ0n) is 9.44. The molecule has 0 aliphatic rings. The summed E-state index contributed by atoms with van der Waals surface area (Å²) in [5.41, 5.74) is 0.531. The van der Waals surface area contributed by atoms with Crippen molar-refractivity contribution in [3.63, 3.8) is 0 Å². The number of halogens is 1. The number of benzene rings is 1. The standard InChI is InChI=1S/C13H12FNO2/c1-9(16)6-11-8-15-13(17-11)7-10-4-2-3-5-12(10)14/h2-5,8H,6-7H2,1H3. The zero-order valence-corrected chi connectivity index (χ0v) is 9.44. The molecular weight excluding hydrogens is 221 g/mol.